The van der Waals surface area contributed by atoms with Gasteiger partial charge in [-0.25, -0.2) is 0 Å². The number of rotatable bonds is 2. The van der Waals surface area contributed by atoms with Crippen LogP contribution in [0, 0.1) is 0 Å². The normalized spacial score (nSPS) is 37.3. The number of aliphatic hydroxyl groups is 3. The predicted molar refractivity (Wildman–Crippen MR) is 44.8 cm³/mol. The van der Waals surface area contributed by atoms with Crippen molar-refractivity contribution in [3.8, 4) is 0 Å². The maximum Gasteiger partial charge on any atom is 0.0767 e. The van der Waals surface area contributed by atoms with Gasteiger partial charge in [-0.3, -0.25) is 0 Å². The molecule has 0 aromatic carbocycles. The van der Waals surface area contributed by atoms with Gasteiger partial charge in [0.1, 0.15) is 0 Å². The number of hydrogen-bond acceptors (Lipinski definition) is 4. The van der Waals surface area contributed by atoms with Crippen molar-refractivity contribution >= 4 is 0 Å². The van der Waals surface area contributed by atoms with Crippen molar-refractivity contribution in [3.05, 3.63) is 12.3 Å². The van der Waals surface area contributed by atoms with Gasteiger partial charge in [0.15, 0.2) is 0 Å². The zero-order valence-electron chi connectivity index (χ0n) is 6.85. The van der Waals surface area contributed by atoms with Gasteiger partial charge >= 0.3 is 0 Å². The molecule has 0 aliphatic carbocycles. The monoisotopic (exact) mass is 173 g/mol. The Morgan fingerprint density at radius 3 is 2.75 bits per heavy atom. The quantitative estimate of drug-likeness (QED) is 0.426. The highest BCUT2D eigenvalue weighted by Gasteiger charge is 2.24. The third kappa shape index (κ3) is 2.48. The van der Waals surface area contributed by atoms with Crippen LogP contribution in [-0.2, 0) is 0 Å². The second-order valence-electron chi connectivity index (χ2n) is 3.12. The van der Waals surface area contributed by atoms with Crippen LogP contribution in [0.4, 0.5) is 0 Å². The Morgan fingerprint density at radius 2 is 2.17 bits per heavy atom. The third-order valence-corrected chi connectivity index (χ3v) is 2.07. The summed E-state index contributed by atoms with van der Waals surface area (Å²) in [6.07, 6.45) is 3.32. The van der Waals surface area contributed by atoms with Gasteiger partial charge in [-0.05, 0) is 18.9 Å². The SMILES string of the molecule is O/C=C/C1C[C@@H](O)C[C@@H](CO)N1. The van der Waals surface area contributed by atoms with Crippen molar-refractivity contribution < 1.29 is 15.3 Å². The number of piperidine rings is 1. The Balaban J connectivity index is 2.45. The van der Waals surface area contributed by atoms with Gasteiger partial charge < -0.3 is 20.6 Å². The van der Waals surface area contributed by atoms with E-state index < -0.39 is 0 Å². The molecule has 3 atom stereocenters. The lowest BCUT2D eigenvalue weighted by molar-refractivity contribution is 0.0827. The lowest BCUT2D eigenvalue weighted by Gasteiger charge is -2.31. The van der Waals surface area contributed by atoms with Crippen LogP contribution in [0.3, 0.4) is 0 Å². The molecular weight excluding hydrogens is 158 g/mol. The maximum absolute atomic E-state index is 9.34. The van der Waals surface area contributed by atoms with Crippen molar-refractivity contribution in [2.24, 2.45) is 0 Å². The van der Waals surface area contributed by atoms with Gasteiger partial charge in [-0.1, -0.05) is 0 Å². The minimum atomic E-state index is -0.385. The Kier molecular flexibility index (Phi) is 3.52. The fraction of sp³-hybridized carbons (Fsp3) is 0.750. The molecule has 4 N–H and O–H groups in total. The molecule has 1 saturated heterocycles. The van der Waals surface area contributed by atoms with E-state index in [0.29, 0.717) is 12.8 Å². The summed E-state index contributed by atoms with van der Waals surface area (Å²) in [5.41, 5.74) is 0. The summed E-state index contributed by atoms with van der Waals surface area (Å²) >= 11 is 0. The fourth-order valence-electron chi connectivity index (χ4n) is 1.52. The average Bonchev–Trinajstić information content (AvgIpc) is 2.04. The van der Waals surface area contributed by atoms with Gasteiger partial charge in [-0.15, -0.1) is 0 Å². The molecule has 0 saturated carbocycles. The highest BCUT2D eigenvalue weighted by Crippen LogP contribution is 2.13. The molecule has 1 rings (SSSR count). The van der Waals surface area contributed by atoms with Gasteiger partial charge in [0.05, 0.1) is 19.0 Å². The van der Waals surface area contributed by atoms with E-state index in [2.05, 4.69) is 5.32 Å². The Labute approximate surface area is 71.5 Å². The first-order chi connectivity index (χ1) is 5.76. The average molecular weight is 173 g/mol. The summed E-state index contributed by atoms with van der Waals surface area (Å²) in [6.45, 7) is 0.0207. The molecular formula is C8H15NO3. The highest BCUT2D eigenvalue weighted by molar-refractivity contribution is 4.95. The maximum atomic E-state index is 9.34. The molecule has 0 spiro atoms. The Morgan fingerprint density at radius 1 is 1.42 bits per heavy atom. The molecule has 1 fully saturated rings. The van der Waals surface area contributed by atoms with Crippen LogP contribution < -0.4 is 5.32 Å². The standard InChI is InChI=1S/C8H15NO3/c10-2-1-6-3-8(12)4-7(5-11)9-6/h1-2,6-12H,3-5H2/b2-1+/t6?,7-,8+/m0/s1. The van der Waals surface area contributed by atoms with E-state index in [1.165, 1.54) is 0 Å². The van der Waals surface area contributed by atoms with E-state index in [-0.39, 0.29) is 24.8 Å². The van der Waals surface area contributed by atoms with Crippen molar-refractivity contribution in [3.63, 3.8) is 0 Å². The predicted octanol–water partition coefficient (Wildman–Crippen LogP) is -0.468. The summed E-state index contributed by atoms with van der Waals surface area (Å²) < 4.78 is 0. The summed E-state index contributed by atoms with van der Waals surface area (Å²) in [5.74, 6) is 0. The van der Waals surface area contributed by atoms with E-state index in [0.717, 1.165) is 6.26 Å². The minimum absolute atomic E-state index is 0.0207. The van der Waals surface area contributed by atoms with Gasteiger partial charge in [0, 0.05) is 12.1 Å². The first-order valence-electron chi connectivity index (χ1n) is 4.12. The minimum Gasteiger partial charge on any atom is -0.516 e. The first kappa shape index (κ1) is 9.51. The topological polar surface area (TPSA) is 72.7 Å². The molecule has 1 heterocycles. The molecule has 0 bridgehead atoms. The third-order valence-electron chi connectivity index (χ3n) is 2.07. The second-order valence-corrected chi connectivity index (χ2v) is 3.12. The zero-order chi connectivity index (χ0) is 8.97. The van der Waals surface area contributed by atoms with Crippen LogP contribution in [0.2, 0.25) is 0 Å². The number of nitrogens with one attached hydrogen (secondary N) is 1. The molecule has 1 aliphatic heterocycles. The number of hydrogen-bond donors (Lipinski definition) is 4. The zero-order valence-corrected chi connectivity index (χ0v) is 6.85. The van der Waals surface area contributed by atoms with Crippen LogP contribution in [0.15, 0.2) is 12.3 Å². The molecule has 1 unspecified atom stereocenters. The first-order valence-corrected chi connectivity index (χ1v) is 4.12. The summed E-state index contributed by atoms with van der Waals surface area (Å²) in [5, 5.41) is 29.8. The van der Waals surface area contributed by atoms with Gasteiger partial charge in [0.2, 0.25) is 0 Å². The smallest absolute Gasteiger partial charge is 0.0767 e. The van der Waals surface area contributed by atoms with E-state index in [9.17, 15) is 5.11 Å². The number of aliphatic hydroxyl groups excluding tert-OH is 3. The lowest BCUT2D eigenvalue weighted by atomic mass is 9.96. The summed E-state index contributed by atoms with van der Waals surface area (Å²) in [6, 6.07) is -0.0918. The second kappa shape index (κ2) is 4.45. The lowest BCUT2D eigenvalue weighted by Crippen LogP contribution is -2.48. The molecule has 70 valence electrons. The Hall–Kier alpha value is -0.580. The van der Waals surface area contributed by atoms with Gasteiger partial charge in [0.25, 0.3) is 0 Å². The van der Waals surface area contributed by atoms with Crippen LogP contribution >= 0.6 is 0 Å². The molecule has 4 heteroatoms. The van der Waals surface area contributed by atoms with Gasteiger partial charge in [-0.2, -0.15) is 0 Å². The van der Waals surface area contributed by atoms with Crippen molar-refractivity contribution in [1.29, 1.82) is 0 Å². The van der Waals surface area contributed by atoms with Crippen molar-refractivity contribution in [2.75, 3.05) is 6.61 Å². The molecule has 12 heavy (non-hydrogen) atoms. The largest absolute Gasteiger partial charge is 0.516 e. The Bertz CT molecular complexity index is 160. The van der Waals surface area contributed by atoms with Crippen LogP contribution in [0.1, 0.15) is 12.8 Å². The fourth-order valence-corrected chi connectivity index (χ4v) is 1.52. The van der Waals surface area contributed by atoms with Crippen molar-refractivity contribution in [1.82, 2.24) is 5.32 Å². The van der Waals surface area contributed by atoms with Crippen molar-refractivity contribution in [2.45, 2.75) is 31.0 Å². The molecule has 0 radical (unpaired) electrons. The molecule has 0 aromatic rings. The van der Waals surface area contributed by atoms with Crippen LogP contribution in [0.5, 0.6) is 0 Å². The molecule has 1 aliphatic rings. The van der Waals surface area contributed by atoms with Crippen LogP contribution in [0.25, 0.3) is 0 Å². The van der Waals surface area contributed by atoms with Crippen LogP contribution in [-0.4, -0.2) is 40.1 Å². The summed E-state index contributed by atoms with van der Waals surface area (Å²) in [4.78, 5) is 0. The summed E-state index contributed by atoms with van der Waals surface area (Å²) in [7, 11) is 0. The van der Waals surface area contributed by atoms with E-state index in [4.69, 9.17) is 10.2 Å². The highest BCUT2D eigenvalue weighted by atomic mass is 16.3. The molecule has 0 amide bonds. The molecule has 4 nitrogen and oxygen atoms in total. The van der Waals surface area contributed by atoms with E-state index in [1.54, 1.807) is 6.08 Å². The van der Waals surface area contributed by atoms with E-state index in [1.807, 2.05) is 0 Å². The van der Waals surface area contributed by atoms with E-state index >= 15 is 0 Å². The molecule has 0 aromatic heterocycles.